The van der Waals surface area contributed by atoms with Crippen LogP contribution in [0, 0.1) is 12.8 Å². The third-order valence-corrected chi connectivity index (χ3v) is 3.45. The van der Waals surface area contributed by atoms with Crippen molar-refractivity contribution in [2.45, 2.75) is 33.9 Å². The fourth-order valence-electron chi connectivity index (χ4n) is 1.88. The van der Waals surface area contributed by atoms with Crippen LogP contribution in [0.5, 0.6) is 5.75 Å². The van der Waals surface area contributed by atoms with Gasteiger partial charge in [0.25, 0.3) is 5.89 Å². The molecule has 0 fully saturated rings. The van der Waals surface area contributed by atoms with Crippen molar-refractivity contribution < 1.29 is 9.15 Å². The number of halogens is 1. The summed E-state index contributed by atoms with van der Waals surface area (Å²) in [6, 6.07) is 6.01. The normalized spacial score (nSPS) is 11.1. The molecule has 2 rings (SSSR count). The third kappa shape index (κ3) is 4.82. The van der Waals surface area contributed by atoms with E-state index in [0.29, 0.717) is 17.7 Å². The highest BCUT2D eigenvalue weighted by Gasteiger charge is 2.10. The fourth-order valence-corrected chi connectivity index (χ4v) is 2.40. The first-order chi connectivity index (χ1) is 10.1. The number of nitrogens with zero attached hydrogens (tertiary/aromatic N) is 2. The summed E-state index contributed by atoms with van der Waals surface area (Å²) in [6.07, 6.45) is 0. The van der Waals surface area contributed by atoms with Gasteiger partial charge in [0, 0.05) is 19.0 Å². The Morgan fingerprint density at radius 2 is 2.14 bits per heavy atom. The highest BCUT2D eigenvalue weighted by Crippen LogP contribution is 2.29. The SMILES string of the molecule is Cc1nnc(COc2c(Br)cccc2CNCC(C)C)o1. The van der Waals surface area contributed by atoms with Crippen LogP contribution in [0.3, 0.4) is 0 Å². The quantitative estimate of drug-likeness (QED) is 0.825. The molecule has 114 valence electrons. The number of benzene rings is 1. The predicted molar refractivity (Wildman–Crippen MR) is 84.1 cm³/mol. The molecule has 0 unspecified atom stereocenters. The van der Waals surface area contributed by atoms with Crippen LogP contribution in [-0.2, 0) is 13.2 Å². The van der Waals surface area contributed by atoms with E-state index in [1.807, 2.05) is 18.2 Å². The average Bonchev–Trinajstić information content (AvgIpc) is 2.83. The molecule has 6 heteroatoms. The van der Waals surface area contributed by atoms with E-state index in [1.165, 1.54) is 0 Å². The van der Waals surface area contributed by atoms with Gasteiger partial charge in [0.15, 0.2) is 6.61 Å². The van der Waals surface area contributed by atoms with Gasteiger partial charge in [0.05, 0.1) is 4.47 Å². The van der Waals surface area contributed by atoms with E-state index in [2.05, 4.69) is 45.3 Å². The van der Waals surface area contributed by atoms with Crippen LogP contribution in [0.25, 0.3) is 0 Å². The van der Waals surface area contributed by atoms with Crippen molar-refractivity contribution in [3.8, 4) is 5.75 Å². The predicted octanol–water partition coefficient (Wildman–Crippen LogP) is 3.47. The van der Waals surface area contributed by atoms with Crippen LogP contribution in [0.4, 0.5) is 0 Å². The first kappa shape index (κ1) is 16.0. The minimum absolute atomic E-state index is 0.265. The Bertz CT molecular complexity index is 584. The molecular formula is C15H20BrN3O2. The highest BCUT2D eigenvalue weighted by molar-refractivity contribution is 9.10. The Morgan fingerprint density at radius 1 is 1.33 bits per heavy atom. The zero-order valence-corrected chi connectivity index (χ0v) is 14.1. The molecule has 1 aromatic heterocycles. The standard InChI is InChI=1S/C15H20BrN3O2/c1-10(2)7-17-8-12-5-4-6-13(16)15(12)20-9-14-19-18-11(3)21-14/h4-6,10,17H,7-9H2,1-3H3. The molecule has 1 N–H and O–H groups in total. The largest absolute Gasteiger partial charge is 0.482 e. The Morgan fingerprint density at radius 3 is 2.81 bits per heavy atom. The van der Waals surface area contributed by atoms with Crippen LogP contribution in [0.2, 0.25) is 0 Å². The summed E-state index contributed by atoms with van der Waals surface area (Å²) in [5.41, 5.74) is 1.10. The fraction of sp³-hybridized carbons (Fsp3) is 0.467. The summed E-state index contributed by atoms with van der Waals surface area (Å²) in [5, 5.41) is 11.1. The van der Waals surface area contributed by atoms with Gasteiger partial charge in [0.1, 0.15) is 5.75 Å². The van der Waals surface area contributed by atoms with Gasteiger partial charge in [-0.15, -0.1) is 10.2 Å². The maximum absolute atomic E-state index is 5.84. The summed E-state index contributed by atoms with van der Waals surface area (Å²) in [6.45, 7) is 8.12. The first-order valence-electron chi connectivity index (χ1n) is 6.96. The molecule has 1 heterocycles. The first-order valence-corrected chi connectivity index (χ1v) is 7.75. The van der Waals surface area contributed by atoms with Gasteiger partial charge in [-0.1, -0.05) is 26.0 Å². The molecule has 2 aromatic rings. The number of nitrogens with one attached hydrogen (secondary N) is 1. The van der Waals surface area contributed by atoms with Gasteiger partial charge >= 0.3 is 0 Å². The van der Waals surface area contributed by atoms with Gasteiger partial charge in [0.2, 0.25) is 5.89 Å². The maximum Gasteiger partial charge on any atom is 0.253 e. The second-order valence-electron chi connectivity index (χ2n) is 5.26. The third-order valence-electron chi connectivity index (χ3n) is 2.82. The lowest BCUT2D eigenvalue weighted by Gasteiger charge is -2.13. The number of aryl methyl sites for hydroxylation is 1. The van der Waals surface area contributed by atoms with Crippen molar-refractivity contribution in [1.29, 1.82) is 0 Å². The molecule has 21 heavy (non-hydrogen) atoms. The van der Waals surface area contributed by atoms with E-state index in [0.717, 1.165) is 28.9 Å². The molecule has 0 saturated carbocycles. The van der Waals surface area contributed by atoms with E-state index in [9.17, 15) is 0 Å². The number of ether oxygens (including phenoxy) is 1. The van der Waals surface area contributed by atoms with E-state index in [-0.39, 0.29) is 6.61 Å². The van der Waals surface area contributed by atoms with Gasteiger partial charge in [-0.25, -0.2) is 0 Å². The van der Waals surface area contributed by atoms with Crippen molar-refractivity contribution in [2.75, 3.05) is 6.54 Å². The Balaban J connectivity index is 2.02. The number of rotatable bonds is 7. The number of hydrogen-bond donors (Lipinski definition) is 1. The van der Waals surface area contributed by atoms with E-state index in [4.69, 9.17) is 9.15 Å². The smallest absolute Gasteiger partial charge is 0.253 e. The second kappa shape index (κ2) is 7.56. The molecule has 0 aliphatic carbocycles. The van der Waals surface area contributed by atoms with Crippen molar-refractivity contribution in [3.05, 3.63) is 40.0 Å². The molecule has 0 atom stereocenters. The molecule has 0 radical (unpaired) electrons. The van der Waals surface area contributed by atoms with Gasteiger partial charge in [-0.2, -0.15) is 0 Å². The number of hydrogen-bond acceptors (Lipinski definition) is 5. The Kier molecular flexibility index (Phi) is 5.76. The van der Waals surface area contributed by atoms with Crippen LogP contribution >= 0.6 is 15.9 Å². The van der Waals surface area contributed by atoms with Gasteiger partial charge < -0.3 is 14.5 Å². The lowest BCUT2D eigenvalue weighted by Crippen LogP contribution is -2.19. The molecule has 0 saturated heterocycles. The Hall–Kier alpha value is -1.40. The van der Waals surface area contributed by atoms with Gasteiger partial charge in [-0.3, -0.25) is 0 Å². The van der Waals surface area contributed by atoms with E-state index in [1.54, 1.807) is 6.92 Å². The molecule has 0 amide bonds. The number of para-hydroxylation sites is 1. The molecule has 0 bridgehead atoms. The van der Waals surface area contributed by atoms with Crippen molar-refractivity contribution in [3.63, 3.8) is 0 Å². The number of aromatic nitrogens is 2. The lowest BCUT2D eigenvalue weighted by atomic mass is 10.2. The van der Waals surface area contributed by atoms with Crippen LogP contribution in [0.1, 0.15) is 31.2 Å². The minimum Gasteiger partial charge on any atom is -0.482 e. The van der Waals surface area contributed by atoms with E-state index < -0.39 is 0 Å². The zero-order valence-electron chi connectivity index (χ0n) is 12.5. The minimum atomic E-state index is 0.265. The maximum atomic E-state index is 5.84. The summed E-state index contributed by atoms with van der Waals surface area (Å²) in [7, 11) is 0. The molecular weight excluding hydrogens is 334 g/mol. The van der Waals surface area contributed by atoms with Crippen LogP contribution in [0.15, 0.2) is 27.1 Å². The molecule has 1 aromatic carbocycles. The van der Waals surface area contributed by atoms with Crippen molar-refractivity contribution in [1.82, 2.24) is 15.5 Å². The van der Waals surface area contributed by atoms with Crippen LogP contribution < -0.4 is 10.1 Å². The van der Waals surface area contributed by atoms with Crippen molar-refractivity contribution >= 4 is 15.9 Å². The lowest BCUT2D eigenvalue weighted by molar-refractivity contribution is 0.256. The molecule has 5 nitrogen and oxygen atoms in total. The summed E-state index contributed by atoms with van der Waals surface area (Å²) in [5.74, 6) is 2.44. The molecule has 0 spiro atoms. The van der Waals surface area contributed by atoms with Crippen molar-refractivity contribution in [2.24, 2.45) is 5.92 Å². The van der Waals surface area contributed by atoms with Crippen LogP contribution in [-0.4, -0.2) is 16.7 Å². The summed E-state index contributed by atoms with van der Waals surface area (Å²) < 4.78 is 12.1. The summed E-state index contributed by atoms with van der Waals surface area (Å²) >= 11 is 3.53. The topological polar surface area (TPSA) is 60.2 Å². The van der Waals surface area contributed by atoms with Gasteiger partial charge in [-0.05, 0) is 34.5 Å². The molecule has 0 aliphatic rings. The Labute approximate surface area is 133 Å². The zero-order chi connectivity index (χ0) is 15.2. The monoisotopic (exact) mass is 353 g/mol. The highest BCUT2D eigenvalue weighted by atomic mass is 79.9. The van der Waals surface area contributed by atoms with E-state index >= 15 is 0 Å². The average molecular weight is 354 g/mol. The summed E-state index contributed by atoms with van der Waals surface area (Å²) in [4.78, 5) is 0. The molecule has 0 aliphatic heterocycles. The second-order valence-corrected chi connectivity index (χ2v) is 6.11.